The third-order valence-electron chi connectivity index (χ3n) is 3.58. The molecule has 2 rings (SSSR count). The Kier molecular flexibility index (Phi) is 3.72. The monoisotopic (exact) mass is 297 g/mol. The van der Waals surface area contributed by atoms with Gasteiger partial charge in [-0.05, 0) is 0 Å². The Bertz CT molecular complexity index is 508. The summed E-state index contributed by atoms with van der Waals surface area (Å²) in [6, 6.07) is -0.531. The molecule has 2 heterocycles. The molecule has 0 aliphatic carbocycles. The average Bonchev–Trinajstić information content (AvgIpc) is 2.51. The van der Waals surface area contributed by atoms with Crippen molar-refractivity contribution in [2.24, 2.45) is 5.73 Å². The van der Waals surface area contributed by atoms with Crippen LogP contribution >= 0.6 is 0 Å². The fourth-order valence-electron chi connectivity index (χ4n) is 2.60. The van der Waals surface area contributed by atoms with Gasteiger partial charge in [0.15, 0.2) is 9.84 Å². The zero-order chi connectivity index (χ0) is 13.6. The zero-order valence-corrected chi connectivity index (χ0v) is 12.0. The second-order valence-electron chi connectivity index (χ2n) is 5.01. The molecule has 2 fully saturated rings. The van der Waals surface area contributed by atoms with Crippen LogP contribution in [-0.2, 0) is 19.9 Å². The van der Waals surface area contributed by atoms with Gasteiger partial charge < -0.3 is 5.73 Å². The predicted molar refractivity (Wildman–Crippen MR) is 68.4 cm³/mol. The van der Waals surface area contributed by atoms with Gasteiger partial charge in [-0.2, -0.15) is 4.31 Å². The summed E-state index contributed by atoms with van der Waals surface area (Å²) in [5.74, 6) is 0.122. The highest BCUT2D eigenvalue weighted by atomic mass is 32.2. The fraction of sp³-hybridized carbons (Fsp3) is 1.00. The molecule has 2 N–H and O–H groups in total. The third kappa shape index (κ3) is 3.02. The number of piperazine rings is 1. The summed E-state index contributed by atoms with van der Waals surface area (Å²) < 4.78 is 47.2. The van der Waals surface area contributed by atoms with Gasteiger partial charge in [-0.3, -0.25) is 4.90 Å². The molecule has 2 atom stereocenters. The van der Waals surface area contributed by atoms with Crippen LogP contribution in [0.2, 0.25) is 0 Å². The minimum atomic E-state index is -3.15. The Hall–Kier alpha value is -0.220. The summed E-state index contributed by atoms with van der Waals surface area (Å²) in [5.41, 5.74) is 5.85. The molecule has 7 nitrogen and oxygen atoms in total. The largest absolute Gasteiger partial charge is 0.325 e. The number of sulfone groups is 1. The Morgan fingerprint density at radius 2 is 1.67 bits per heavy atom. The Morgan fingerprint density at radius 3 is 2.06 bits per heavy atom. The SMILES string of the molecule is CS(=O)(=O)N1CCN(C2CS(=O)(=O)CC2N)CC1. The van der Waals surface area contributed by atoms with Crippen LogP contribution in [0.1, 0.15) is 0 Å². The van der Waals surface area contributed by atoms with Crippen LogP contribution in [0, 0.1) is 0 Å². The van der Waals surface area contributed by atoms with E-state index in [1.807, 2.05) is 4.90 Å². The molecule has 0 spiro atoms. The van der Waals surface area contributed by atoms with E-state index in [1.165, 1.54) is 10.6 Å². The highest BCUT2D eigenvalue weighted by molar-refractivity contribution is 7.91. The normalized spacial score (nSPS) is 34.8. The summed E-state index contributed by atoms with van der Waals surface area (Å²) >= 11 is 0. The number of nitrogens with two attached hydrogens (primary N) is 1. The van der Waals surface area contributed by atoms with Crippen LogP contribution in [0.15, 0.2) is 0 Å². The lowest BCUT2D eigenvalue weighted by molar-refractivity contribution is 0.140. The molecule has 2 aliphatic heterocycles. The van der Waals surface area contributed by atoms with Gasteiger partial charge in [0, 0.05) is 38.3 Å². The van der Waals surface area contributed by atoms with Gasteiger partial charge in [0.2, 0.25) is 10.0 Å². The van der Waals surface area contributed by atoms with Crippen LogP contribution in [0.3, 0.4) is 0 Å². The van der Waals surface area contributed by atoms with Crippen molar-refractivity contribution in [1.82, 2.24) is 9.21 Å². The van der Waals surface area contributed by atoms with Crippen molar-refractivity contribution in [2.45, 2.75) is 12.1 Å². The lowest BCUT2D eigenvalue weighted by atomic mass is 10.1. The van der Waals surface area contributed by atoms with Crippen molar-refractivity contribution in [2.75, 3.05) is 43.9 Å². The molecule has 2 unspecified atom stereocenters. The Balaban J connectivity index is 1.99. The molecule has 2 aliphatic rings. The van der Waals surface area contributed by atoms with E-state index in [0.717, 1.165) is 0 Å². The van der Waals surface area contributed by atoms with Crippen molar-refractivity contribution in [3.63, 3.8) is 0 Å². The predicted octanol–water partition coefficient (Wildman–Crippen LogP) is -2.31. The number of hydrogen-bond donors (Lipinski definition) is 1. The van der Waals surface area contributed by atoms with E-state index in [-0.39, 0.29) is 23.6 Å². The maximum Gasteiger partial charge on any atom is 0.211 e. The van der Waals surface area contributed by atoms with Crippen LogP contribution in [-0.4, -0.2) is 82.1 Å². The first-order valence-corrected chi connectivity index (χ1v) is 9.51. The highest BCUT2D eigenvalue weighted by Crippen LogP contribution is 2.19. The fourth-order valence-corrected chi connectivity index (χ4v) is 5.35. The molecule has 0 radical (unpaired) electrons. The summed E-state index contributed by atoms with van der Waals surface area (Å²) in [5, 5.41) is 0. The third-order valence-corrected chi connectivity index (χ3v) is 6.62. The molecular formula is C9H19N3O4S2. The van der Waals surface area contributed by atoms with Gasteiger partial charge in [0.1, 0.15) is 0 Å². The minimum absolute atomic E-state index is 0.0317. The lowest BCUT2D eigenvalue weighted by Crippen LogP contribution is -2.56. The van der Waals surface area contributed by atoms with Crippen LogP contribution < -0.4 is 5.73 Å². The van der Waals surface area contributed by atoms with Gasteiger partial charge in [-0.15, -0.1) is 0 Å². The first kappa shape index (κ1) is 14.2. The molecule has 0 bridgehead atoms. The van der Waals surface area contributed by atoms with Crippen LogP contribution in [0.4, 0.5) is 0 Å². The second kappa shape index (κ2) is 4.71. The van der Waals surface area contributed by atoms with E-state index >= 15 is 0 Å². The molecular weight excluding hydrogens is 278 g/mol. The van der Waals surface area contributed by atoms with E-state index in [1.54, 1.807) is 0 Å². The van der Waals surface area contributed by atoms with Gasteiger partial charge in [-0.1, -0.05) is 0 Å². The van der Waals surface area contributed by atoms with E-state index in [9.17, 15) is 16.8 Å². The van der Waals surface area contributed by atoms with Crippen molar-refractivity contribution in [3.05, 3.63) is 0 Å². The van der Waals surface area contributed by atoms with Crippen LogP contribution in [0.5, 0.6) is 0 Å². The van der Waals surface area contributed by atoms with E-state index in [4.69, 9.17) is 5.73 Å². The van der Waals surface area contributed by atoms with Crippen molar-refractivity contribution >= 4 is 19.9 Å². The average molecular weight is 297 g/mol. The molecule has 18 heavy (non-hydrogen) atoms. The molecule has 0 amide bonds. The topological polar surface area (TPSA) is 101 Å². The highest BCUT2D eigenvalue weighted by Gasteiger charge is 2.40. The summed E-state index contributed by atoms with van der Waals surface area (Å²) in [6.07, 6.45) is 1.19. The van der Waals surface area contributed by atoms with Gasteiger partial charge in [0.25, 0.3) is 0 Å². The Labute approximate surface area is 108 Å². The quantitative estimate of drug-likeness (QED) is 0.614. The molecule has 106 valence electrons. The molecule has 0 saturated carbocycles. The van der Waals surface area contributed by atoms with Crippen molar-refractivity contribution in [1.29, 1.82) is 0 Å². The molecule has 2 saturated heterocycles. The maximum absolute atomic E-state index is 11.5. The first-order valence-electron chi connectivity index (χ1n) is 5.84. The smallest absolute Gasteiger partial charge is 0.211 e. The Morgan fingerprint density at radius 1 is 1.11 bits per heavy atom. The standard InChI is InChI=1S/C9H19N3O4S2/c1-17(13,14)12-4-2-11(3-5-12)9-7-18(15,16)6-8(9)10/h8-9H,2-7,10H2,1H3. The molecule has 9 heteroatoms. The molecule has 0 aromatic carbocycles. The summed E-state index contributed by atoms with van der Waals surface area (Å²) in [7, 11) is -6.19. The number of hydrogen-bond acceptors (Lipinski definition) is 6. The number of nitrogens with zero attached hydrogens (tertiary/aromatic N) is 2. The van der Waals surface area contributed by atoms with E-state index < -0.39 is 19.9 Å². The summed E-state index contributed by atoms with van der Waals surface area (Å²) in [6.45, 7) is 1.89. The van der Waals surface area contributed by atoms with E-state index in [0.29, 0.717) is 26.2 Å². The van der Waals surface area contributed by atoms with Crippen molar-refractivity contribution < 1.29 is 16.8 Å². The van der Waals surface area contributed by atoms with Crippen molar-refractivity contribution in [3.8, 4) is 0 Å². The lowest BCUT2D eigenvalue weighted by Gasteiger charge is -2.37. The van der Waals surface area contributed by atoms with E-state index in [2.05, 4.69) is 0 Å². The second-order valence-corrected chi connectivity index (χ2v) is 9.14. The number of rotatable bonds is 2. The zero-order valence-electron chi connectivity index (χ0n) is 10.3. The number of sulfonamides is 1. The van der Waals surface area contributed by atoms with Crippen LogP contribution in [0.25, 0.3) is 0 Å². The first-order chi connectivity index (χ1) is 8.19. The summed E-state index contributed by atoms with van der Waals surface area (Å²) in [4.78, 5) is 2.00. The minimum Gasteiger partial charge on any atom is -0.325 e. The maximum atomic E-state index is 11.5. The van der Waals surface area contributed by atoms with Gasteiger partial charge in [-0.25, -0.2) is 16.8 Å². The molecule has 0 aromatic heterocycles. The molecule has 0 aromatic rings. The van der Waals surface area contributed by atoms with Gasteiger partial charge >= 0.3 is 0 Å². The van der Waals surface area contributed by atoms with Gasteiger partial charge in [0.05, 0.1) is 17.8 Å².